The maximum Gasteiger partial charge on any atom is 0.303 e. The van der Waals surface area contributed by atoms with E-state index in [1.54, 1.807) is 0 Å². The van der Waals surface area contributed by atoms with Gasteiger partial charge in [0.15, 0.2) is 0 Å². The molecule has 1 unspecified atom stereocenters. The molecule has 2 amide bonds. The summed E-state index contributed by atoms with van der Waals surface area (Å²) in [5, 5.41) is 11.4. The Balaban J connectivity index is 2.08. The van der Waals surface area contributed by atoms with Crippen LogP contribution in [0.15, 0.2) is 0 Å². The van der Waals surface area contributed by atoms with E-state index in [4.69, 9.17) is 5.11 Å². The molecule has 1 fully saturated rings. The SMILES string of the molecule is CC(=O)NCCCCCC(=O)N1CCC(CCC(=O)O)C1. The lowest BCUT2D eigenvalue weighted by atomic mass is 10.0. The van der Waals surface area contributed by atoms with E-state index in [9.17, 15) is 14.4 Å². The first kappa shape index (κ1) is 17.5. The van der Waals surface area contributed by atoms with Gasteiger partial charge in [-0.05, 0) is 31.6 Å². The average Bonchev–Trinajstić information content (AvgIpc) is 2.88. The highest BCUT2D eigenvalue weighted by atomic mass is 16.4. The Morgan fingerprint density at radius 2 is 1.95 bits per heavy atom. The zero-order valence-electron chi connectivity index (χ0n) is 12.8. The maximum atomic E-state index is 12.0. The lowest BCUT2D eigenvalue weighted by Gasteiger charge is -2.16. The summed E-state index contributed by atoms with van der Waals surface area (Å²) in [7, 11) is 0. The molecule has 0 aromatic rings. The van der Waals surface area contributed by atoms with Crippen molar-refractivity contribution in [3.63, 3.8) is 0 Å². The molecule has 1 rings (SSSR count). The van der Waals surface area contributed by atoms with Crippen LogP contribution in [0.5, 0.6) is 0 Å². The third-order valence-electron chi connectivity index (χ3n) is 3.85. The Morgan fingerprint density at radius 1 is 1.19 bits per heavy atom. The third-order valence-corrected chi connectivity index (χ3v) is 3.85. The van der Waals surface area contributed by atoms with Crippen LogP contribution < -0.4 is 5.32 Å². The van der Waals surface area contributed by atoms with E-state index in [-0.39, 0.29) is 18.2 Å². The van der Waals surface area contributed by atoms with Crippen LogP contribution in [0.25, 0.3) is 0 Å². The van der Waals surface area contributed by atoms with Crippen LogP contribution in [0.2, 0.25) is 0 Å². The van der Waals surface area contributed by atoms with Gasteiger partial charge in [-0.15, -0.1) is 0 Å². The van der Waals surface area contributed by atoms with Crippen molar-refractivity contribution >= 4 is 17.8 Å². The number of hydrogen-bond donors (Lipinski definition) is 2. The smallest absolute Gasteiger partial charge is 0.303 e. The number of rotatable bonds is 9. The normalized spacial score (nSPS) is 17.8. The van der Waals surface area contributed by atoms with Crippen molar-refractivity contribution < 1.29 is 19.5 Å². The van der Waals surface area contributed by atoms with Crippen LogP contribution in [0.1, 0.15) is 51.9 Å². The molecule has 6 nitrogen and oxygen atoms in total. The summed E-state index contributed by atoms with van der Waals surface area (Å²) < 4.78 is 0. The number of carboxylic acid groups (broad SMARTS) is 1. The quantitative estimate of drug-likeness (QED) is 0.630. The molecule has 1 aliphatic rings. The zero-order valence-corrected chi connectivity index (χ0v) is 12.8. The van der Waals surface area contributed by atoms with E-state index >= 15 is 0 Å². The molecule has 0 bridgehead atoms. The molecule has 21 heavy (non-hydrogen) atoms. The van der Waals surface area contributed by atoms with Gasteiger partial charge in [0.1, 0.15) is 0 Å². The summed E-state index contributed by atoms with van der Waals surface area (Å²) in [6, 6.07) is 0. The highest BCUT2D eigenvalue weighted by Crippen LogP contribution is 2.22. The van der Waals surface area contributed by atoms with E-state index in [1.807, 2.05) is 4.90 Å². The van der Waals surface area contributed by atoms with Gasteiger partial charge >= 0.3 is 5.97 Å². The topological polar surface area (TPSA) is 86.7 Å². The lowest BCUT2D eigenvalue weighted by molar-refractivity contribution is -0.137. The van der Waals surface area contributed by atoms with E-state index in [2.05, 4.69) is 5.32 Å². The molecule has 1 heterocycles. The van der Waals surface area contributed by atoms with Crippen LogP contribution in [0.4, 0.5) is 0 Å². The summed E-state index contributed by atoms with van der Waals surface area (Å²) in [6.07, 6.45) is 4.99. The van der Waals surface area contributed by atoms with Crippen LogP contribution >= 0.6 is 0 Å². The molecule has 0 spiro atoms. The Bertz CT molecular complexity index is 371. The van der Waals surface area contributed by atoms with Crippen molar-refractivity contribution in [3.05, 3.63) is 0 Å². The fourth-order valence-electron chi connectivity index (χ4n) is 2.62. The second-order valence-corrected chi connectivity index (χ2v) is 5.72. The van der Waals surface area contributed by atoms with Crippen LogP contribution in [-0.2, 0) is 14.4 Å². The summed E-state index contributed by atoms with van der Waals surface area (Å²) in [5.41, 5.74) is 0. The molecule has 6 heteroatoms. The average molecular weight is 298 g/mol. The van der Waals surface area contributed by atoms with Gasteiger partial charge in [-0.25, -0.2) is 0 Å². The van der Waals surface area contributed by atoms with Crippen LogP contribution in [-0.4, -0.2) is 47.4 Å². The third kappa shape index (κ3) is 7.68. The monoisotopic (exact) mass is 298 g/mol. The summed E-state index contributed by atoms with van der Waals surface area (Å²) in [6.45, 7) is 3.63. The van der Waals surface area contributed by atoms with E-state index in [0.29, 0.717) is 31.8 Å². The molecular weight excluding hydrogens is 272 g/mol. The minimum Gasteiger partial charge on any atom is -0.481 e. The molecule has 1 aliphatic heterocycles. The Morgan fingerprint density at radius 3 is 2.62 bits per heavy atom. The maximum absolute atomic E-state index is 12.0. The Kier molecular flexibility index (Phi) is 7.79. The van der Waals surface area contributed by atoms with Gasteiger partial charge in [0.2, 0.25) is 11.8 Å². The van der Waals surface area contributed by atoms with Gasteiger partial charge in [-0.3, -0.25) is 14.4 Å². The number of carbonyl (C=O) groups excluding carboxylic acids is 2. The predicted molar refractivity (Wildman–Crippen MR) is 78.7 cm³/mol. The number of nitrogens with one attached hydrogen (secondary N) is 1. The predicted octanol–water partition coefficient (Wildman–Crippen LogP) is 1.40. The first-order valence-corrected chi connectivity index (χ1v) is 7.73. The summed E-state index contributed by atoms with van der Waals surface area (Å²) in [4.78, 5) is 35.1. The number of unbranched alkanes of at least 4 members (excludes halogenated alkanes) is 2. The number of likely N-dealkylation sites (tertiary alicyclic amines) is 1. The number of carboxylic acids is 1. The van der Waals surface area contributed by atoms with Gasteiger partial charge < -0.3 is 15.3 Å². The number of amides is 2. The fraction of sp³-hybridized carbons (Fsp3) is 0.800. The second-order valence-electron chi connectivity index (χ2n) is 5.72. The number of hydrogen-bond acceptors (Lipinski definition) is 3. The fourth-order valence-corrected chi connectivity index (χ4v) is 2.62. The molecule has 1 saturated heterocycles. The minimum absolute atomic E-state index is 0.0180. The Labute approximate surface area is 125 Å². The van der Waals surface area contributed by atoms with Crippen molar-refractivity contribution in [1.29, 1.82) is 0 Å². The van der Waals surface area contributed by atoms with Crippen LogP contribution in [0.3, 0.4) is 0 Å². The molecule has 0 aromatic carbocycles. The van der Waals surface area contributed by atoms with Gasteiger partial charge in [0.05, 0.1) is 0 Å². The molecule has 120 valence electrons. The van der Waals surface area contributed by atoms with Gasteiger partial charge in [-0.2, -0.15) is 0 Å². The van der Waals surface area contributed by atoms with Crippen LogP contribution in [0, 0.1) is 5.92 Å². The summed E-state index contributed by atoms with van der Waals surface area (Å²) in [5.74, 6) is -0.272. The van der Waals surface area contributed by atoms with E-state index < -0.39 is 5.97 Å². The van der Waals surface area contributed by atoms with Crippen molar-refractivity contribution in [1.82, 2.24) is 10.2 Å². The van der Waals surface area contributed by atoms with E-state index in [0.717, 1.165) is 32.2 Å². The highest BCUT2D eigenvalue weighted by Gasteiger charge is 2.25. The first-order valence-electron chi connectivity index (χ1n) is 7.73. The first-order chi connectivity index (χ1) is 9.99. The molecular formula is C15H26N2O4. The Hall–Kier alpha value is -1.59. The van der Waals surface area contributed by atoms with E-state index in [1.165, 1.54) is 6.92 Å². The van der Waals surface area contributed by atoms with Crippen molar-refractivity contribution in [3.8, 4) is 0 Å². The van der Waals surface area contributed by atoms with Crippen molar-refractivity contribution in [2.45, 2.75) is 51.9 Å². The second kappa shape index (κ2) is 9.37. The molecule has 2 N–H and O–H groups in total. The number of nitrogens with zero attached hydrogens (tertiary/aromatic N) is 1. The van der Waals surface area contributed by atoms with Crippen molar-refractivity contribution in [2.24, 2.45) is 5.92 Å². The minimum atomic E-state index is -0.765. The lowest BCUT2D eigenvalue weighted by Crippen LogP contribution is -2.28. The molecule has 0 aliphatic carbocycles. The van der Waals surface area contributed by atoms with Gasteiger partial charge in [0, 0.05) is 39.4 Å². The molecule has 0 saturated carbocycles. The summed E-state index contributed by atoms with van der Waals surface area (Å²) >= 11 is 0. The largest absolute Gasteiger partial charge is 0.481 e. The zero-order chi connectivity index (χ0) is 15.7. The van der Waals surface area contributed by atoms with Gasteiger partial charge in [0.25, 0.3) is 0 Å². The standard InChI is InChI=1S/C15H26N2O4/c1-12(18)16-9-4-2-3-5-14(19)17-10-8-13(11-17)6-7-15(20)21/h13H,2-11H2,1H3,(H,16,18)(H,20,21). The molecule has 0 aromatic heterocycles. The molecule has 1 atom stereocenters. The number of aliphatic carboxylic acids is 1. The van der Waals surface area contributed by atoms with Crippen molar-refractivity contribution in [2.75, 3.05) is 19.6 Å². The highest BCUT2D eigenvalue weighted by molar-refractivity contribution is 5.76. The van der Waals surface area contributed by atoms with Gasteiger partial charge in [-0.1, -0.05) is 6.42 Å². The number of carbonyl (C=O) groups is 3. The molecule has 0 radical (unpaired) electrons.